The van der Waals surface area contributed by atoms with Crippen LogP contribution < -0.4 is 5.32 Å². The number of hydrogen-bond acceptors (Lipinski definition) is 3. The lowest BCUT2D eigenvalue weighted by atomic mass is 9.99. The average Bonchev–Trinajstić information content (AvgIpc) is 2.71. The van der Waals surface area contributed by atoms with Crippen LogP contribution >= 0.6 is 0 Å². The second kappa shape index (κ2) is 5.49. The number of carbonyl (C=O) groups is 2. The van der Waals surface area contributed by atoms with Crippen molar-refractivity contribution in [3.05, 3.63) is 0 Å². The van der Waals surface area contributed by atoms with Crippen molar-refractivity contribution in [1.29, 1.82) is 0 Å². The van der Waals surface area contributed by atoms with E-state index in [2.05, 4.69) is 12.2 Å². The van der Waals surface area contributed by atoms with Crippen molar-refractivity contribution in [3.63, 3.8) is 0 Å². The summed E-state index contributed by atoms with van der Waals surface area (Å²) in [5, 5.41) is 2.61. The first-order chi connectivity index (χ1) is 8.20. The molecule has 2 rings (SSSR count). The molecule has 17 heavy (non-hydrogen) atoms. The van der Waals surface area contributed by atoms with Crippen molar-refractivity contribution in [2.45, 2.75) is 32.3 Å². The zero-order valence-corrected chi connectivity index (χ0v) is 10.3. The SMILES string of the molecule is CCC1OCCC1CN1CCC(=O)NCC1=O. The van der Waals surface area contributed by atoms with Crippen molar-refractivity contribution in [2.24, 2.45) is 5.92 Å². The Morgan fingerprint density at radius 3 is 3.06 bits per heavy atom. The summed E-state index contributed by atoms with van der Waals surface area (Å²) in [5.74, 6) is 0.422. The van der Waals surface area contributed by atoms with Crippen LogP contribution in [0.25, 0.3) is 0 Å². The second-order valence-corrected chi connectivity index (χ2v) is 4.73. The molecule has 0 aliphatic carbocycles. The summed E-state index contributed by atoms with van der Waals surface area (Å²) >= 11 is 0. The first kappa shape index (κ1) is 12.4. The Bertz CT molecular complexity index is 306. The van der Waals surface area contributed by atoms with Crippen LogP contribution in [0.15, 0.2) is 0 Å². The zero-order valence-electron chi connectivity index (χ0n) is 10.3. The van der Waals surface area contributed by atoms with Crippen molar-refractivity contribution in [2.75, 3.05) is 26.2 Å². The third-order valence-electron chi connectivity index (χ3n) is 3.60. The Kier molecular flexibility index (Phi) is 3.99. The van der Waals surface area contributed by atoms with Gasteiger partial charge in [0, 0.05) is 32.0 Å². The molecule has 0 radical (unpaired) electrons. The fourth-order valence-corrected chi connectivity index (χ4v) is 2.56. The monoisotopic (exact) mass is 240 g/mol. The molecular formula is C12H20N2O3. The molecule has 96 valence electrons. The first-order valence-corrected chi connectivity index (χ1v) is 6.36. The summed E-state index contributed by atoms with van der Waals surface area (Å²) in [4.78, 5) is 24.8. The Morgan fingerprint density at radius 1 is 1.47 bits per heavy atom. The van der Waals surface area contributed by atoms with Crippen LogP contribution in [0, 0.1) is 5.92 Å². The number of nitrogens with one attached hydrogen (secondary N) is 1. The van der Waals surface area contributed by atoms with Crippen molar-refractivity contribution in [1.82, 2.24) is 10.2 Å². The lowest BCUT2D eigenvalue weighted by molar-refractivity contribution is -0.130. The van der Waals surface area contributed by atoms with E-state index < -0.39 is 0 Å². The summed E-state index contributed by atoms with van der Waals surface area (Å²) in [7, 11) is 0. The van der Waals surface area contributed by atoms with Gasteiger partial charge in [-0.05, 0) is 12.8 Å². The van der Waals surface area contributed by atoms with Gasteiger partial charge in [-0.2, -0.15) is 0 Å². The molecule has 2 amide bonds. The summed E-state index contributed by atoms with van der Waals surface area (Å²) in [6, 6.07) is 0. The molecule has 5 nitrogen and oxygen atoms in total. The van der Waals surface area contributed by atoms with Gasteiger partial charge in [0.25, 0.3) is 0 Å². The molecule has 1 N–H and O–H groups in total. The van der Waals surface area contributed by atoms with E-state index in [0.717, 1.165) is 26.0 Å². The maximum absolute atomic E-state index is 11.8. The predicted octanol–water partition coefficient (Wildman–Crippen LogP) is 0.150. The average molecular weight is 240 g/mol. The second-order valence-electron chi connectivity index (χ2n) is 4.73. The largest absolute Gasteiger partial charge is 0.378 e. The van der Waals surface area contributed by atoms with Crippen molar-refractivity contribution in [3.8, 4) is 0 Å². The third kappa shape index (κ3) is 2.97. The van der Waals surface area contributed by atoms with Gasteiger partial charge < -0.3 is 15.0 Å². The van der Waals surface area contributed by atoms with Crippen LogP contribution in [0.2, 0.25) is 0 Å². The molecule has 2 aliphatic rings. The van der Waals surface area contributed by atoms with Crippen molar-refractivity contribution < 1.29 is 14.3 Å². The highest BCUT2D eigenvalue weighted by atomic mass is 16.5. The van der Waals surface area contributed by atoms with Gasteiger partial charge in [0.15, 0.2) is 0 Å². The van der Waals surface area contributed by atoms with E-state index in [1.165, 1.54) is 0 Å². The van der Waals surface area contributed by atoms with Crippen LogP contribution in [0.3, 0.4) is 0 Å². The van der Waals surface area contributed by atoms with E-state index in [-0.39, 0.29) is 24.5 Å². The van der Waals surface area contributed by atoms with E-state index in [9.17, 15) is 9.59 Å². The summed E-state index contributed by atoms with van der Waals surface area (Å²) in [6.45, 7) is 4.31. The Labute approximate surface area is 101 Å². The zero-order chi connectivity index (χ0) is 12.3. The van der Waals surface area contributed by atoms with Gasteiger partial charge in [-0.15, -0.1) is 0 Å². The van der Waals surface area contributed by atoms with Crippen LogP contribution in [-0.2, 0) is 14.3 Å². The van der Waals surface area contributed by atoms with Gasteiger partial charge in [0.05, 0.1) is 12.6 Å². The van der Waals surface area contributed by atoms with Crippen LogP contribution in [0.5, 0.6) is 0 Å². The van der Waals surface area contributed by atoms with Gasteiger partial charge in [-0.3, -0.25) is 9.59 Å². The lowest BCUT2D eigenvalue weighted by Gasteiger charge is -2.26. The molecule has 2 heterocycles. The molecule has 2 fully saturated rings. The molecule has 2 atom stereocenters. The number of hydrogen-bond donors (Lipinski definition) is 1. The van der Waals surface area contributed by atoms with E-state index in [4.69, 9.17) is 4.74 Å². The molecule has 0 spiro atoms. The fourth-order valence-electron chi connectivity index (χ4n) is 2.56. The molecule has 0 aromatic heterocycles. The molecule has 0 saturated carbocycles. The lowest BCUT2D eigenvalue weighted by Crippen LogP contribution is -2.40. The van der Waals surface area contributed by atoms with Gasteiger partial charge in [0.2, 0.25) is 11.8 Å². The maximum Gasteiger partial charge on any atom is 0.241 e. The van der Waals surface area contributed by atoms with Gasteiger partial charge >= 0.3 is 0 Å². The molecule has 0 bridgehead atoms. The van der Waals surface area contributed by atoms with E-state index >= 15 is 0 Å². The van der Waals surface area contributed by atoms with Crippen molar-refractivity contribution >= 4 is 11.8 Å². The van der Waals surface area contributed by atoms with E-state index in [0.29, 0.717) is 18.9 Å². The van der Waals surface area contributed by atoms with Gasteiger partial charge in [-0.25, -0.2) is 0 Å². The number of rotatable bonds is 3. The summed E-state index contributed by atoms with van der Waals surface area (Å²) in [6.07, 6.45) is 2.69. The Morgan fingerprint density at radius 2 is 2.29 bits per heavy atom. The number of ether oxygens (including phenoxy) is 1. The molecule has 0 aromatic rings. The minimum absolute atomic E-state index is 0.0256. The summed E-state index contributed by atoms with van der Waals surface area (Å²) in [5.41, 5.74) is 0. The molecule has 2 unspecified atom stereocenters. The fraction of sp³-hybridized carbons (Fsp3) is 0.833. The van der Waals surface area contributed by atoms with E-state index in [1.54, 1.807) is 4.90 Å². The topological polar surface area (TPSA) is 58.6 Å². The van der Waals surface area contributed by atoms with Gasteiger partial charge in [0.1, 0.15) is 0 Å². The minimum atomic E-state index is -0.0319. The summed E-state index contributed by atoms with van der Waals surface area (Å²) < 4.78 is 5.62. The standard InChI is InChI=1S/C12H20N2O3/c1-2-10-9(4-6-17-10)8-14-5-3-11(15)13-7-12(14)16/h9-10H,2-8H2,1H3,(H,13,15). The third-order valence-corrected chi connectivity index (χ3v) is 3.60. The molecule has 2 saturated heterocycles. The predicted molar refractivity (Wildman–Crippen MR) is 62.3 cm³/mol. The molecule has 0 aromatic carbocycles. The van der Waals surface area contributed by atoms with E-state index in [1.807, 2.05) is 0 Å². The van der Waals surface area contributed by atoms with Crippen LogP contribution in [0.1, 0.15) is 26.2 Å². The Balaban J connectivity index is 1.92. The van der Waals surface area contributed by atoms with Crippen LogP contribution in [0.4, 0.5) is 0 Å². The smallest absolute Gasteiger partial charge is 0.241 e. The molecule has 5 heteroatoms. The van der Waals surface area contributed by atoms with Crippen LogP contribution in [-0.4, -0.2) is 49.1 Å². The molecule has 2 aliphatic heterocycles. The maximum atomic E-state index is 11.8. The highest BCUT2D eigenvalue weighted by Gasteiger charge is 2.30. The molecular weight excluding hydrogens is 220 g/mol. The number of carbonyl (C=O) groups excluding carboxylic acids is 2. The quantitative estimate of drug-likeness (QED) is 0.764. The normalized spacial score (nSPS) is 30.3. The highest BCUT2D eigenvalue weighted by molar-refractivity contribution is 5.87. The first-order valence-electron chi connectivity index (χ1n) is 6.36. The highest BCUT2D eigenvalue weighted by Crippen LogP contribution is 2.24. The van der Waals surface area contributed by atoms with Gasteiger partial charge in [-0.1, -0.05) is 6.92 Å². The number of amides is 2. The Hall–Kier alpha value is -1.10. The number of nitrogens with zero attached hydrogens (tertiary/aromatic N) is 1. The minimum Gasteiger partial charge on any atom is -0.378 e.